The number of carbonyl (C=O) groups is 1. The van der Waals surface area contributed by atoms with Crippen LogP contribution < -0.4 is 9.62 Å². The lowest BCUT2D eigenvalue weighted by Crippen LogP contribution is -2.29. The standard InChI is InChI=1S/C24H21ClN4O3S2/c1-16-7-9-18(10-8-16)23-27-28-24(33-23)26-22(30)17-11-13-20(14-12-17)29(34(2,31)32)15-19-5-3-4-6-21(19)25/h3-14H,15H2,1-2H3,(H,26,28,30). The third kappa shape index (κ3) is 5.61. The first-order valence-electron chi connectivity index (χ1n) is 10.2. The third-order valence-corrected chi connectivity index (χ3v) is 7.43. The molecule has 0 fully saturated rings. The summed E-state index contributed by atoms with van der Waals surface area (Å²) < 4.78 is 26.1. The summed E-state index contributed by atoms with van der Waals surface area (Å²) in [7, 11) is -3.58. The van der Waals surface area contributed by atoms with Crippen molar-refractivity contribution in [3.63, 3.8) is 0 Å². The van der Waals surface area contributed by atoms with Crippen molar-refractivity contribution < 1.29 is 13.2 Å². The summed E-state index contributed by atoms with van der Waals surface area (Å²) in [5.74, 6) is -0.366. The average molecular weight is 513 g/mol. The fourth-order valence-corrected chi connectivity index (χ4v) is 5.03. The number of nitrogens with zero attached hydrogens (tertiary/aromatic N) is 3. The number of amides is 1. The molecule has 0 unspecified atom stereocenters. The highest BCUT2D eigenvalue weighted by Crippen LogP contribution is 2.28. The van der Waals surface area contributed by atoms with Gasteiger partial charge in [-0.25, -0.2) is 8.42 Å². The van der Waals surface area contributed by atoms with Gasteiger partial charge in [0.2, 0.25) is 15.2 Å². The second-order valence-electron chi connectivity index (χ2n) is 7.64. The van der Waals surface area contributed by atoms with Gasteiger partial charge in [-0.15, -0.1) is 10.2 Å². The van der Waals surface area contributed by atoms with E-state index in [2.05, 4.69) is 15.5 Å². The molecule has 1 heterocycles. The van der Waals surface area contributed by atoms with Crippen LogP contribution in [0, 0.1) is 6.92 Å². The number of carbonyl (C=O) groups excluding carboxylic acids is 1. The molecular weight excluding hydrogens is 492 g/mol. The zero-order valence-electron chi connectivity index (χ0n) is 18.4. The molecule has 1 aromatic heterocycles. The molecule has 4 rings (SSSR count). The van der Waals surface area contributed by atoms with Crippen molar-refractivity contribution in [3.8, 4) is 10.6 Å². The molecule has 10 heteroatoms. The Morgan fingerprint density at radius 1 is 1.00 bits per heavy atom. The van der Waals surface area contributed by atoms with E-state index < -0.39 is 10.0 Å². The van der Waals surface area contributed by atoms with Gasteiger partial charge in [-0.2, -0.15) is 0 Å². The lowest BCUT2D eigenvalue weighted by atomic mass is 10.2. The molecule has 0 bridgehead atoms. The summed E-state index contributed by atoms with van der Waals surface area (Å²) in [6, 6.07) is 21.3. The molecule has 0 atom stereocenters. The summed E-state index contributed by atoms with van der Waals surface area (Å²) in [6.07, 6.45) is 1.13. The molecule has 0 saturated heterocycles. The van der Waals surface area contributed by atoms with Gasteiger partial charge in [0.25, 0.3) is 5.91 Å². The van der Waals surface area contributed by atoms with Crippen molar-refractivity contribution in [3.05, 3.63) is 94.5 Å². The third-order valence-electron chi connectivity index (χ3n) is 5.03. The van der Waals surface area contributed by atoms with Crippen LogP contribution in [0.4, 0.5) is 10.8 Å². The van der Waals surface area contributed by atoms with Gasteiger partial charge in [-0.05, 0) is 42.8 Å². The predicted octanol–water partition coefficient (Wildman–Crippen LogP) is 5.39. The number of rotatable bonds is 7. The van der Waals surface area contributed by atoms with Crippen LogP contribution >= 0.6 is 22.9 Å². The van der Waals surface area contributed by atoms with Crippen LogP contribution in [0.15, 0.2) is 72.8 Å². The fraction of sp³-hybridized carbons (Fsp3) is 0.125. The molecule has 3 aromatic carbocycles. The first-order chi connectivity index (χ1) is 16.2. The Balaban J connectivity index is 1.49. The van der Waals surface area contributed by atoms with E-state index in [-0.39, 0.29) is 12.5 Å². The Bertz CT molecular complexity index is 1420. The fourth-order valence-electron chi connectivity index (χ4n) is 3.22. The van der Waals surface area contributed by atoms with Crippen LogP contribution in [0.5, 0.6) is 0 Å². The van der Waals surface area contributed by atoms with Gasteiger partial charge in [0.05, 0.1) is 18.5 Å². The second kappa shape index (κ2) is 9.92. The molecular formula is C24H21ClN4O3S2. The summed E-state index contributed by atoms with van der Waals surface area (Å²) in [5.41, 5.74) is 3.54. The molecule has 34 heavy (non-hydrogen) atoms. The van der Waals surface area contributed by atoms with Gasteiger partial charge >= 0.3 is 0 Å². The minimum atomic E-state index is -3.58. The van der Waals surface area contributed by atoms with Gasteiger partial charge in [0, 0.05) is 16.1 Å². The van der Waals surface area contributed by atoms with Crippen LogP contribution in [-0.2, 0) is 16.6 Å². The highest BCUT2D eigenvalue weighted by molar-refractivity contribution is 7.92. The maximum Gasteiger partial charge on any atom is 0.257 e. The molecule has 0 saturated carbocycles. The van der Waals surface area contributed by atoms with Crippen molar-refractivity contribution in [1.29, 1.82) is 0 Å². The molecule has 1 N–H and O–H groups in total. The molecule has 0 radical (unpaired) electrons. The molecule has 0 aliphatic rings. The van der Waals surface area contributed by atoms with E-state index in [9.17, 15) is 13.2 Å². The quantitative estimate of drug-likeness (QED) is 0.358. The minimum Gasteiger partial charge on any atom is -0.296 e. The number of aryl methyl sites for hydroxylation is 1. The number of hydrogen-bond acceptors (Lipinski definition) is 6. The highest BCUT2D eigenvalue weighted by atomic mass is 35.5. The predicted molar refractivity (Wildman–Crippen MR) is 137 cm³/mol. The molecule has 0 aliphatic carbocycles. The minimum absolute atomic E-state index is 0.0800. The van der Waals surface area contributed by atoms with Gasteiger partial charge in [0.15, 0.2) is 0 Å². The zero-order valence-corrected chi connectivity index (χ0v) is 20.8. The number of aromatic nitrogens is 2. The van der Waals surface area contributed by atoms with E-state index in [1.807, 2.05) is 31.2 Å². The SMILES string of the molecule is Cc1ccc(-c2nnc(NC(=O)c3ccc(N(Cc4ccccc4Cl)S(C)(=O)=O)cc3)s2)cc1. The number of sulfonamides is 1. The smallest absolute Gasteiger partial charge is 0.257 e. The second-order valence-corrected chi connectivity index (χ2v) is 10.9. The van der Waals surface area contributed by atoms with Crippen LogP contribution in [0.1, 0.15) is 21.5 Å². The monoisotopic (exact) mass is 512 g/mol. The van der Waals surface area contributed by atoms with Crippen LogP contribution in [0.2, 0.25) is 5.02 Å². The Kier molecular flexibility index (Phi) is 6.97. The average Bonchev–Trinajstić information content (AvgIpc) is 3.27. The topological polar surface area (TPSA) is 92.3 Å². The molecule has 7 nitrogen and oxygen atoms in total. The molecule has 174 valence electrons. The van der Waals surface area contributed by atoms with Crippen molar-refractivity contribution >= 4 is 49.7 Å². The highest BCUT2D eigenvalue weighted by Gasteiger charge is 2.20. The van der Waals surface area contributed by atoms with Crippen LogP contribution in [0.25, 0.3) is 10.6 Å². The van der Waals surface area contributed by atoms with E-state index in [4.69, 9.17) is 11.6 Å². The maximum atomic E-state index is 12.7. The Morgan fingerprint density at radius 3 is 2.32 bits per heavy atom. The maximum absolute atomic E-state index is 12.7. The first-order valence-corrected chi connectivity index (χ1v) is 13.3. The van der Waals surface area contributed by atoms with Gasteiger partial charge < -0.3 is 0 Å². The van der Waals surface area contributed by atoms with Crippen LogP contribution in [-0.4, -0.2) is 30.8 Å². The van der Waals surface area contributed by atoms with Gasteiger partial charge in [-0.1, -0.05) is 71.0 Å². The number of hydrogen-bond donors (Lipinski definition) is 1. The largest absolute Gasteiger partial charge is 0.296 e. The molecule has 0 aliphatic heterocycles. The Hall–Kier alpha value is -3.27. The normalized spacial score (nSPS) is 11.3. The number of anilines is 2. The summed E-state index contributed by atoms with van der Waals surface area (Å²) in [5, 5.41) is 12.5. The Morgan fingerprint density at radius 2 is 1.68 bits per heavy atom. The van der Waals surface area contributed by atoms with E-state index in [1.165, 1.54) is 15.6 Å². The van der Waals surface area contributed by atoms with Crippen molar-refractivity contribution in [2.24, 2.45) is 0 Å². The van der Waals surface area contributed by atoms with Crippen molar-refractivity contribution in [2.45, 2.75) is 13.5 Å². The van der Waals surface area contributed by atoms with E-state index in [0.717, 1.165) is 17.4 Å². The summed E-state index contributed by atoms with van der Waals surface area (Å²) >= 11 is 7.49. The van der Waals surface area contributed by atoms with Gasteiger partial charge in [-0.3, -0.25) is 14.4 Å². The molecule has 0 spiro atoms. The number of benzene rings is 3. The van der Waals surface area contributed by atoms with E-state index in [0.29, 0.717) is 32.0 Å². The molecule has 4 aromatic rings. The summed E-state index contributed by atoms with van der Waals surface area (Å²) in [4.78, 5) is 12.7. The lowest BCUT2D eigenvalue weighted by molar-refractivity contribution is 0.102. The zero-order chi connectivity index (χ0) is 24.3. The van der Waals surface area contributed by atoms with Crippen LogP contribution in [0.3, 0.4) is 0 Å². The number of nitrogens with one attached hydrogen (secondary N) is 1. The van der Waals surface area contributed by atoms with E-state index in [1.54, 1.807) is 48.5 Å². The van der Waals surface area contributed by atoms with E-state index >= 15 is 0 Å². The lowest BCUT2D eigenvalue weighted by Gasteiger charge is -2.23. The Labute approximate surface area is 207 Å². The van der Waals surface area contributed by atoms with Crippen molar-refractivity contribution in [2.75, 3.05) is 15.9 Å². The summed E-state index contributed by atoms with van der Waals surface area (Å²) in [6.45, 7) is 2.09. The molecule has 1 amide bonds. The number of halogens is 1. The first kappa shape index (κ1) is 23.9. The van der Waals surface area contributed by atoms with Gasteiger partial charge in [0.1, 0.15) is 5.01 Å². The van der Waals surface area contributed by atoms with Crippen molar-refractivity contribution in [1.82, 2.24) is 10.2 Å².